The highest BCUT2D eigenvalue weighted by molar-refractivity contribution is 6.31. The monoisotopic (exact) mass is 517 g/mol. The van der Waals surface area contributed by atoms with E-state index in [1.54, 1.807) is 0 Å². The second kappa shape index (κ2) is 13.7. The summed E-state index contributed by atoms with van der Waals surface area (Å²) in [5, 5.41) is 11.2. The summed E-state index contributed by atoms with van der Waals surface area (Å²) >= 11 is 6.25. The van der Waals surface area contributed by atoms with Crippen molar-refractivity contribution in [2.24, 2.45) is 5.92 Å². The van der Waals surface area contributed by atoms with Crippen LogP contribution in [0.1, 0.15) is 66.8 Å². The van der Waals surface area contributed by atoms with Crippen molar-refractivity contribution >= 4 is 23.4 Å². The zero-order chi connectivity index (χ0) is 26.1. The second-order valence-electron chi connectivity index (χ2n) is 9.90. The van der Waals surface area contributed by atoms with Gasteiger partial charge in [-0.2, -0.15) is 5.10 Å². The number of aromatic nitrogens is 2. The van der Waals surface area contributed by atoms with Crippen LogP contribution in [0, 0.1) is 19.8 Å². The number of hydrogen-bond donors (Lipinski definition) is 2. The maximum atomic E-state index is 13.3. The van der Waals surface area contributed by atoms with Crippen LogP contribution in [0.15, 0.2) is 18.2 Å². The maximum Gasteiger partial charge on any atom is 0.251 e. The van der Waals surface area contributed by atoms with Gasteiger partial charge >= 0.3 is 0 Å². The van der Waals surface area contributed by atoms with E-state index in [0.29, 0.717) is 61.6 Å². The number of nitrogens with zero attached hydrogens (tertiary/aromatic N) is 3. The molecule has 1 aliphatic rings. The van der Waals surface area contributed by atoms with Gasteiger partial charge in [0.2, 0.25) is 5.91 Å². The smallest absolute Gasteiger partial charge is 0.251 e. The summed E-state index contributed by atoms with van der Waals surface area (Å²) in [5.41, 5.74) is 3.06. The van der Waals surface area contributed by atoms with E-state index in [4.69, 9.17) is 16.3 Å². The van der Waals surface area contributed by atoms with Gasteiger partial charge in [-0.3, -0.25) is 19.2 Å². The lowest BCUT2D eigenvalue weighted by atomic mass is 10.0. The van der Waals surface area contributed by atoms with Gasteiger partial charge in [-0.15, -0.1) is 0 Å². The Kier molecular flexibility index (Phi) is 10.6. The zero-order valence-corrected chi connectivity index (χ0v) is 22.8. The van der Waals surface area contributed by atoms with Gasteiger partial charge in [0.15, 0.2) is 0 Å². The lowest BCUT2D eigenvalue weighted by molar-refractivity contribution is -0.122. The molecular formula is C27H40ClN5O3. The van der Waals surface area contributed by atoms with Crippen LogP contribution >= 0.6 is 11.6 Å². The van der Waals surface area contributed by atoms with Crippen molar-refractivity contribution in [3.8, 4) is 5.75 Å². The van der Waals surface area contributed by atoms with Crippen LogP contribution in [-0.4, -0.2) is 59.3 Å². The molecule has 0 radical (unpaired) electrons. The lowest BCUT2D eigenvalue weighted by Gasteiger charge is -2.25. The molecule has 1 aliphatic heterocycles. The molecule has 198 valence electrons. The van der Waals surface area contributed by atoms with Crippen molar-refractivity contribution in [1.29, 1.82) is 0 Å². The molecule has 8 nitrogen and oxygen atoms in total. The minimum atomic E-state index is -0.166. The van der Waals surface area contributed by atoms with Gasteiger partial charge in [0.25, 0.3) is 5.91 Å². The summed E-state index contributed by atoms with van der Waals surface area (Å²) < 4.78 is 7.97. The van der Waals surface area contributed by atoms with E-state index in [2.05, 4.69) is 34.5 Å². The van der Waals surface area contributed by atoms with Gasteiger partial charge in [0, 0.05) is 30.8 Å². The Hall–Kier alpha value is -2.58. The number of rotatable bonds is 7. The molecule has 36 heavy (non-hydrogen) atoms. The van der Waals surface area contributed by atoms with E-state index in [1.165, 1.54) is 0 Å². The standard InChI is InChI=1S/C27H40ClN5O3/c1-19(2)11-14-32-17-23-22(27(35)30-13-15-33-21(4)26(28)20(3)31-33)9-8-10-24(23)36-16-7-5-6-12-29-25(34)18-32/h8-10,19H,5-7,11-18H2,1-4H3,(H,29,34)(H,30,35). The number of fused-ring (bicyclic) bond motifs is 1. The molecular weight excluding hydrogens is 478 g/mol. The molecule has 0 aliphatic carbocycles. The van der Waals surface area contributed by atoms with E-state index < -0.39 is 0 Å². The van der Waals surface area contributed by atoms with Gasteiger partial charge in [-0.1, -0.05) is 31.5 Å². The molecule has 1 aromatic heterocycles. The number of aryl methyl sites for hydroxylation is 1. The minimum Gasteiger partial charge on any atom is -0.493 e. The number of ether oxygens (including phenoxy) is 1. The SMILES string of the molecule is Cc1nn(CCNC(=O)c2cccc3c2CN(CCC(C)C)CC(=O)NCCCCCO3)c(C)c1Cl. The predicted octanol–water partition coefficient (Wildman–Crippen LogP) is 4.11. The van der Waals surface area contributed by atoms with Gasteiger partial charge < -0.3 is 15.4 Å². The first kappa shape index (κ1) is 28.0. The van der Waals surface area contributed by atoms with Crippen LogP contribution in [0.2, 0.25) is 5.02 Å². The largest absolute Gasteiger partial charge is 0.493 e. The van der Waals surface area contributed by atoms with Crippen molar-refractivity contribution in [1.82, 2.24) is 25.3 Å². The molecule has 2 heterocycles. The fourth-order valence-electron chi connectivity index (χ4n) is 4.29. The Labute approximate surface area is 219 Å². The van der Waals surface area contributed by atoms with Crippen LogP contribution in [0.25, 0.3) is 0 Å². The number of carbonyl (C=O) groups is 2. The molecule has 0 fully saturated rings. The third kappa shape index (κ3) is 7.96. The topological polar surface area (TPSA) is 88.5 Å². The van der Waals surface area contributed by atoms with Crippen molar-refractivity contribution in [3.05, 3.63) is 45.7 Å². The predicted molar refractivity (Wildman–Crippen MR) is 143 cm³/mol. The minimum absolute atomic E-state index is 0.0194. The number of benzene rings is 1. The van der Waals surface area contributed by atoms with Crippen molar-refractivity contribution in [3.63, 3.8) is 0 Å². The number of nitrogens with one attached hydrogen (secondary N) is 2. The van der Waals surface area contributed by atoms with Crippen LogP contribution in [0.3, 0.4) is 0 Å². The van der Waals surface area contributed by atoms with Crippen LogP contribution in [0.5, 0.6) is 5.75 Å². The van der Waals surface area contributed by atoms with E-state index in [1.807, 2.05) is 36.7 Å². The third-order valence-corrected chi connectivity index (χ3v) is 7.00. The number of amides is 2. The van der Waals surface area contributed by atoms with E-state index in [0.717, 1.165) is 49.2 Å². The van der Waals surface area contributed by atoms with Gasteiger partial charge in [-0.25, -0.2) is 0 Å². The highest BCUT2D eigenvalue weighted by Gasteiger charge is 2.21. The molecule has 0 saturated carbocycles. The van der Waals surface area contributed by atoms with Crippen molar-refractivity contribution in [2.45, 2.75) is 66.5 Å². The quantitative estimate of drug-likeness (QED) is 0.577. The molecule has 1 aromatic carbocycles. The summed E-state index contributed by atoms with van der Waals surface area (Å²) in [5.74, 6) is 1.07. The fourth-order valence-corrected chi connectivity index (χ4v) is 4.43. The summed E-state index contributed by atoms with van der Waals surface area (Å²) in [6, 6.07) is 5.61. The highest BCUT2D eigenvalue weighted by atomic mass is 35.5. The maximum absolute atomic E-state index is 13.3. The Morgan fingerprint density at radius 3 is 2.72 bits per heavy atom. The van der Waals surface area contributed by atoms with Crippen LogP contribution < -0.4 is 15.4 Å². The number of carbonyl (C=O) groups excluding carboxylic acids is 2. The zero-order valence-electron chi connectivity index (χ0n) is 22.0. The van der Waals surface area contributed by atoms with E-state index in [9.17, 15) is 9.59 Å². The average molecular weight is 518 g/mol. The Morgan fingerprint density at radius 2 is 2.00 bits per heavy atom. The first-order valence-corrected chi connectivity index (χ1v) is 13.4. The first-order chi connectivity index (χ1) is 17.3. The van der Waals surface area contributed by atoms with E-state index in [-0.39, 0.29) is 11.8 Å². The molecule has 0 atom stereocenters. The Balaban J connectivity index is 1.80. The number of halogens is 1. The normalized spacial score (nSPS) is 15.8. The summed E-state index contributed by atoms with van der Waals surface area (Å²) in [6.45, 7) is 11.9. The lowest BCUT2D eigenvalue weighted by Crippen LogP contribution is -2.38. The van der Waals surface area contributed by atoms with Gasteiger partial charge in [-0.05, 0) is 64.1 Å². The molecule has 9 heteroatoms. The van der Waals surface area contributed by atoms with Crippen LogP contribution in [0.4, 0.5) is 0 Å². The molecule has 0 saturated heterocycles. The molecule has 2 N–H and O–H groups in total. The van der Waals surface area contributed by atoms with Gasteiger partial charge in [0.1, 0.15) is 5.75 Å². The molecule has 0 unspecified atom stereocenters. The molecule has 0 bridgehead atoms. The average Bonchev–Trinajstić information content (AvgIpc) is 3.09. The second-order valence-corrected chi connectivity index (χ2v) is 10.3. The highest BCUT2D eigenvalue weighted by Crippen LogP contribution is 2.26. The van der Waals surface area contributed by atoms with Crippen molar-refractivity contribution < 1.29 is 14.3 Å². The third-order valence-electron chi connectivity index (χ3n) is 6.45. The summed E-state index contributed by atoms with van der Waals surface area (Å²) in [6.07, 6.45) is 3.76. The van der Waals surface area contributed by atoms with Crippen molar-refractivity contribution in [2.75, 3.05) is 32.8 Å². The summed E-state index contributed by atoms with van der Waals surface area (Å²) in [7, 11) is 0. The first-order valence-electron chi connectivity index (χ1n) is 13.0. The number of hydrogen-bond acceptors (Lipinski definition) is 5. The fraction of sp³-hybridized carbons (Fsp3) is 0.593. The van der Waals surface area contributed by atoms with Crippen LogP contribution in [-0.2, 0) is 17.9 Å². The summed E-state index contributed by atoms with van der Waals surface area (Å²) in [4.78, 5) is 28.0. The molecule has 2 amide bonds. The molecule has 3 rings (SSSR count). The molecule has 2 aromatic rings. The van der Waals surface area contributed by atoms with Gasteiger partial charge in [0.05, 0.1) is 36.1 Å². The van der Waals surface area contributed by atoms with E-state index >= 15 is 0 Å². The Bertz CT molecular complexity index is 1040. The molecule has 0 spiro atoms. The Morgan fingerprint density at radius 1 is 1.19 bits per heavy atom.